The van der Waals surface area contributed by atoms with Gasteiger partial charge in [0.2, 0.25) is 0 Å². The van der Waals surface area contributed by atoms with Crippen LogP contribution in [0.5, 0.6) is 5.75 Å². The number of thiazole rings is 1. The Balaban J connectivity index is 1.38. The van der Waals surface area contributed by atoms with E-state index < -0.39 is 0 Å². The Labute approximate surface area is 171 Å². The molecule has 2 amide bonds. The van der Waals surface area contributed by atoms with Crippen LogP contribution in [0.15, 0.2) is 48.0 Å². The molecule has 144 valence electrons. The summed E-state index contributed by atoms with van der Waals surface area (Å²) in [5.74, 6) is 0.601. The van der Waals surface area contributed by atoms with E-state index in [4.69, 9.17) is 4.74 Å². The Kier molecular flexibility index (Phi) is 5.40. The van der Waals surface area contributed by atoms with Crippen LogP contribution < -0.4 is 4.74 Å². The van der Waals surface area contributed by atoms with Gasteiger partial charge in [-0.05, 0) is 29.6 Å². The number of benzene rings is 1. The second-order valence-corrected chi connectivity index (χ2v) is 8.30. The summed E-state index contributed by atoms with van der Waals surface area (Å²) in [5, 5.41) is 2.86. The maximum Gasteiger partial charge on any atom is 0.265 e. The quantitative estimate of drug-likeness (QED) is 0.657. The van der Waals surface area contributed by atoms with Gasteiger partial charge in [0, 0.05) is 31.7 Å². The largest absolute Gasteiger partial charge is 0.497 e. The van der Waals surface area contributed by atoms with Gasteiger partial charge in [-0.3, -0.25) is 9.59 Å². The van der Waals surface area contributed by atoms with E-state index in [0.29, 0.717) is 42.4 Å². The van der Waals surface area contributed by atoms with Gasteiger partial charge in [-0.15, -0.1) is 22.7 Å². The number of amides is 2. The van der Waals surface area contributed by atoms with E-state index >= 15 is 0 Å². The van der Waals surface area contributed by atoms with Crippen molar-refractivity contribution in [3.05, 3.63) is 58.4 Å². The SMILES string of the molecule is COc1cccc(C(=O)N2CCN(C(=O)c3cnc(-c4cccs4)s3)CC2)c1. The van der Waals surface area contributed by atoms with Gasteiger partial charge in [0.05, 0.1) is 18.2 Å². The summed E-state index contributed by atoms with van der Waals surface area (Å²) in [4.78, 5) is 35.2. The lowest BCUT2D eigenvalue weighted by molar-refractivity contribution is 0.0538. The highest BCUT2D eigenvalue weighted by Gasteiger charge is 2.26. The fourth-order valence-corrected chi connectivity index (χ4v) is 4.78. The fraction of sp³-hybridized carbons (Fsp3) is 0.250. The van der Waals surface area contributed by atoms with E-state index in [-0.39, 0.29) is 11.8 Å². The van der Waals surface area contributed by atoms with Crippen LogP contribution in [0.3, 0.4) is 0 Å². The highest BCUT2D eigenvalue weighted by molar-refractivity contribution is 7.21. The first-order chi connectivity index (χ1) is 13.7. The molecule has 1 aliphatic heterocycles. The van der Waals surface area contributed by atoms with Crippen LogP contribution in [0.4, 0.5) is 0 Å². The summed E-state index contributed by atoms with van der Waals surface area (Å²) in [6.07, 6.45) is 1.65. The molecule has 0 aliphatic carbocycles. The molecule has 0 saturated carbocycles. The van der Waals surface area contributed by atoms with E-state index in [1.165, 1.54) is 11.3 Å². The van der Waals surface area contributed by atoms with Crippen molar-refractivity contribution in [3.8, 4) is 15.6 Å². The Bertz CT molecular complexity index is 976. The molecule has 0 atom stereocenters. The summed E-state index contributed by atoms with van der Waals surface area (Å²) in [6.45, 7) is 2.05. The standard InChI is InChI=1S/C20H19N3O3S2/c1-26-15-5-2-4-14(12-15)19(24)22-7-9-23(10-8-22)20(25)17-13-21-18(28-17)16-6-3-11-27-16/h2-6,11-13H,7-10H2,1H3. The van der Waals surface area contributed by atoms with E-state index in [1.807, 2.05) is 23.6 Å². The molecule has 3 heterocycles. The van der Waals surface area contributed by atoms with Crippen LogP contribution in [-0.4, -0.2) is 59.9 Å². The molecular weight excluding hydrogens is 394 g/mol. The molecule has 2 aromatic heterocycles. The second-order valence-electron chi connectivity index (χ2n) is 6.32. The van der Waals surface area contributed by atoms with Gasteiger partial charge in [0.15, 0.2) is 0 Å². The predicted molar refractivity (Wildman–Crippen MR) is 110 cm³/mol. The molecular formula is C20H19N3O3S2. The summed E-state index contributed by atoms with van der Waals surface area (Å²) in [7, 11) is 1.58. The average Bonchev–Trinajstić information content (AvgIpc) is 3.44. The van der Waals surface area contributed by atoms with Crippen molar-refractivity contribution in [2.45, 2.75) is 0 Å². The topological polar surface area (TPSA) is 62.7 Å². The number of hydrogen-bond donors (Lipinski definition) is 0. The van der Waals surface area contributed by atoms with Gasteiger partial charge in [0.1, 0.15) is 15.6 Å². The van der Waals surface area contributed by atoms with Gasteiger partial charge in [-0.2, -0.15) is 0 Å². The molecule has 0 radical (unpaired) electrons. The van der Waals surface area contributed by atoms with Crippen LogP contribution in [0, 0.1) is 0 Å². The third kappa shape index (κ3) is 3.79. The smallest absolute Gasteiger partial charge is 0.265 e. The minimum absolute atomic E-state index is 0.0196. The van der Waals surface area contributed by atoms with Gasteiger partial charge in [-0.25, -0.2) is 4.98 Å². The molecule has 0 spiro atoms. The molecule has 0 bridgehead atoms. The molecule has 1 fully saturated rings. The molecule has 0 unspecified atom stereocenters. The zero-order chi connectivity index (χ0) is 19.5. The lowest BCUT2D eigenvalue weighted by atomic mass is 10.1. The van der Waals surface area contributed by atoms with Crippen LogP contribution in [0.25, 0.3) is 9.88 Å². The molecule has 1 aliphatic rings. The Morgan fingerprint density at radius 2 is 1.79 bits per heavy atom. The number of carbonyl (C=O) groups is 2. The number of rotatable bonds is 4. The summed E-state index contributed by atoms with van der Waals surface area (Å²) in [6, 6.07) is 11.1. The van der Waals surface area contributed by atoms with Crippen molar-refractivity contribution >= 4 is 34.5 Å². The van der Waals surface area contributed by atoms with Crippen molar-refractivity contribution in [3.63, 3.8) is 0 Å². The molecule has 3 aromatic rings. The molecule has 8 heteroatoms. The van der Waals surface area contributed by atoms with Gasteiger partial charge < -0.3 is 14.5 Å². The summed E-state index contributed by atoms with van der Waals surface area (Å²) < 4.78 is 5.19. The number of ether oxygens (including phenoxy) is 1. The van der Waals surface area contributed by atoms with Crippen LogP contribution in [-0.2, 0) is 0 Å². The van der Waals surface area contributed by atoms with E-state index in [0.717, 1.165) is 9.88 Å². The third-order valence-corrected chi connectivity index (χ3v) is 6.64. The summed E-state index contributed by atoms with van der Waals surface area (Å²) >= 11 is 3.02. The van der Waals surface area contributed by atoms with Gasteiger partial charge in [-0.1, -0.05) is 12.1 Å². The lowest BCUT2D eigenvalue weighted by Crippen LogP contribution is -2.50. The molecule has 6 nitrogen and oxygen atoms in total. The maximum absolute atomic E-state index is 12.8. The number of nitrogens with zero attached hydrogens (tertiary/aromatic N) is 3. The second kappa shape index (κ2) is 8.12. The van der Waals surface area contributed by atoms with Crippen molar-refractivity contribution in [1.29, 1.82) is 0 Å². The summed E-state index contributed by atoms with van der Waals surface area (Å²) in [5.41, 5.74) is 0.599. The van der Waals surface area contributed by atoms with Crippen LogP contribution in [0.2, 0.25) is 0 Å². The minimum atomic E-state index is -0.0382. The Morgan fingerprint density at radius 3 is 2.46 bits per heavy atom. The lowest BCUT2D eigenvalue weighted by Gasteiger charge is -2.34. The van der Waals surface area contributed by atoms with Crippen molar-refractivity contribution in [2.75, 3.05) is 33.3 Å². The number of carbonyl (C=O) groups excluding carboxylic acids is 2. The molecule has 0 N–H and O–H groups in total. The predicted octanol–water partition coefficient (Wildman–Crippen LogP) is 3.48. The zero-order valence-electron chi connectivity index (χ0n) is 15.3. The molecule has 4 rings (SSSR count). The van der Waals surface area contributed by atoms with E-state index in [9.17, 15) is 9.59 Å². The third-order valence-electron chi connectivity index (χ3n) is 4.62. The molecule has 1 saturated heterocycles. The number of thiophene rings is 1. The maximum atomic E-state index is 12.8. The first-order valence-corrected chi connectivity index (χ1v) is 10.6. The first-order valence-electron chi connectivity index (χ1n) is 8.88. The minimum Gasteiger partial charge on any atom is -0.497 e. The first kappa shape index (κ1) is 18.6. The van der Waals surface area contributed by atoms with Crippen molar-refractivity contribution in [1.82, 2.24) is 14.8 Å². The monoisotopic (exact) mass is 413 g/mol. The van der Waals surface area contributed by atoms with Crippen molar-refractivity contribution < 1.29 is 14.3 Å². The number of methoxy groups -OCH3 is 1. The fourth-order valence-electron chi connectivity index (χ4n) is 3.09. The normalized spacial score (nSPS) is 14.2. The van der Waals surface area contributed by atoms with Crippen molar-refractivity contribution in [2.24, 2.45) is 0 Å². The van der Waals surface area contributed by atoms with Gasteiger partial charge in [0.25, 0.3) is 11.8 Å². The average molecular weight is 414 g/mol. The number of piperazine rings is 1. The highest BCUT2D eigenvalue weighted by Crippen LogP contribution is 2.29. The van der Waals surface area contributed by atoms with Crippen LogP contribution >= 0.6 is 22.7 Å². The Morgan fingerprint density at radius 1 is 1.04 bits per heavy atom. The highest BCUT2D eigenvalue weighted by atomic mass is 32.1. The Hall–Kier alpha value is -2.71. The van der Waals surface area contributed by atoms with E-state index in [2.05, 4.69) is 4.98 Å². The number of hydrogen-bond acceptors (Lipinski definition) is 6. The van der Waals surface area contributed by atoms with Crippen LogP contribution in [0.1, 0.15) is 20.0 Å². The molecule has 1 aromatic carbocycles. The number of aromatic nitrogens is 1. The van der Waals surface area contributed by atoms with E-state index in [1.54, 1.807) is 52.6 Å². The zero-order valence-corrected chi connectivity index (χ0v) is 17.0. The molecule has 28 heavy (non-hydrogen) atoms. The van der Waals surface area contributed by atoms with Gasteiger partial charge >= 0.3 is 0 Å².